The Balaban J connectivity index is 1.40. The summed E-state index contributed by atoms with van der Waals surface area (Å²) in [6.45, 7) is 4.65. The molecule has 1 saturated carbocycles. The zero-order valence-corrected chi connectivity index (χ0v) is 22.4. The monoisotopic (exact) mass is 586 g/mol. The number of halogens is 2. The second-order valence-electron chi connectivity index (χ2n) is 9.40. The fraction of sp³-hybridized carbons (Fsp3) is 0.455. The Hall–Kier alpha value is -3.07. The molecule has 5 rings (SSSR count). The number of carbonyl (C=O) groups is 1. The Kier molecular flexibility index (Phi) is 6.72. The molecule has 0 spiro atoms. The third-order valence-electron chi connectivity index (χ3n) is 6.13. The molecule has 1 saturated heterocycles. The lowest BCUT2D eigenvalue weighted by Crippen LogP contribution is -2.44. The van der Waals surface area contributed by atoms with Crippen LogP contribution in [-0.4, -0.2) is 65.7 Å². The van der Waals surface area contributed by atoms with E-state index in [1.165, 1.54) is 19.1 Å². The van der Waals surface area contributed by atoms with Gasteiger partial charge in [-0.05, 0) is 32.9 Å². The van der Waals surface area contributed by atoms with Crippen LogP contribution in [-0.2, 0) is 23.4 Å². The van der Waals surface area contributed by atoms with Gasteiger partial charge in [-0.1, -0.05) is 29.8 Å². The number of esters is 1. The molecule has 5 N–H and O–H groups in total. The fourth-order valence-corrected chi connectivity index (χ4v) is 6.33. The number of imidazole rings is 1. The number of nitrogens with zero attached hydrogens (tertiary/aromatic N) is 3. The molecule has 7 unspecified atom stereocenters. The number of nitrogens with one attached hydrogen (secondary N) is 2. The molecule has 1 aromatic carbocycles. The molecule has 3 aromatic rings. The number of alkyl halides is 2. The van der Waals surface area contributed by atoms with Gasteiger partial charge >= 0.3 is 13.7 Å². The minimum absolute atomic E-state index is 0.102. The number of nitrogens with two attached hydrogens (primary N) is 1. The minimum Gasteiger partial charge on any atom is -0.462 e. The average molecular weight is 587 g/mol. The van der Waals surface area contributed by atoms with E-state index in [9.17, 15) is 19.3 Å². The predicted octanol–water partition coefficient (Wildman–Crippen LogP) is 1.75. The summed E-state index contributed by atoms with van der Waals surface area (Å²) in [4.78, 5) is 34.6. The van der Waals surface area contributed by atoms with Crippen LogP contribution in [0.2, 0.25) is 0 Å². The minimum atomic E-state index is -4.48. The van der Waals surface area contributed by atoms with Gasteiger partial charge in [0.25, 0.3) is 10.7 Å². The number of rotatable bonds is 9. The zero-order chi connectivity index (χ0) is 28.3. The van der Waals surface area contributed by atoms with E-state index in [4.69, 9.17) is 35.9 Å². The van der Waals surface area contributed by atoms with Gasteiger partial charge in [0.15, 0.2) is 23.0 Å². The average Bonchev–Trinajstić information content (AvgIpc) is 3.10. The molecule has 1 aliphatic carbocycles. The van der Waals surface area contributed by atoms with Crippen LogP contribution in [0.5, 0.6) is 5.75 Å². The van der Waals surface area contributed by atoms with Crippen LogP contribution >= 0.6 is 19.3 Å². The summed E-state index contributed by atoms with van der Waals surface area (Å²) in [6.07, 6.45) is -4.11. The first-order valence-corrected chi connectivity index (χ1v) is 13.7. The second-order valence-corrected chi connectivity index (χ2v) is 11.6. The first-order chi connectivity index (χ1) is 18.3. The zero-order valence-electron chi connectivity index (χ0n) is 20.8. The van der Waals surface area contributed by atoms with Crippen LogP contribution in [0.1, 0.15) is 27.0 Å². The van der Waals surface area contributed by atoms with E-state index in [0.717, 1.165) is 10.9 Å². The number of fused-ring (bicyclic) bond motifs is 2. The summed E-state index contributed by atoms with van der Waals surface area (Å²) < 4.78 is 52.8. The Morgan fingerprint density at radius 1 is 1.36 bits per heavy atom. The van der Waals surface area contributed by atoms with Crippen LogP contribution < -0.4 is 20.9 Å². The summed E-state index contributed by atoms with van der Waals surface area (Å²) in [5.74, 6) is -0.903. The first-order valence-electron chi connectivity index (χ1n) is 11.8. The van der Waals surface area contributed by atoms with Gasteiger partial charge in [-0.15, -0.1) is 0 Å². The Morgan fingerprint density at radius 2 is 2.05 bits per heavy atom. The number of anilines is 1. The van der Waals surface area contributed by atoms with E-state index in [1.807, 2.05) is 0 Å². The number of aliphatic hydroxyl groups is 1. The van der Waals surface area contributed by atoms with Crippen molar-refractivity contribution < 1.29 is 37.4 Å². The molecule has 2 aromatic heterocycles. The highest BCUT2D eigenvalue weighted by Crippen LogP contribution is 2.67. The van der Waals surface area contributed by atoms with Crippen molar-refractivity contribution in [1.82, 2.24) is 24.6 Å². The van der Waals surface area contributed by atoms with Crippen molar-refractivity contribution >= 4 is 42.4 Å². The molecule has 7 atom stereocenters. The van der Waals surface area contributed by atoms with E-state index in [2.05, 4.69) is 20.0 Å². The molecule has 14 nitrogen and oxygen atoms in total. The molecule has 0 amide bonds. The summed E-state index contributed by atoms with van der Waals surface area (Å²) >= 11 is 6.20. The molecule has 1 aliphatic heterocycles. The van der Waals surface area contributed by atoms with Gasteiger partial charge in [0.05, 0.1) is 12.4 Å². The van der Waals surface area contributed by atoms with Crippen molar-refractivity contribution in [2.75, 3.05) is 5.73 Å². The van der Waals surface area contributed by atoms with Crippen molar-refractivity contribution in [3.8, 4) is 5.75 Å². The number of para-hydroxylation sites is 1. The summed E-state index contributed by atoms with van der Waals surface area (Å²) in [6, 6.07) is 6.69. The van der Waals surface area contributed by atoms with Crippen molar-refractivity contribution in [2.24, 2.45) is 0 Å². The van der Waals surface area contributed by atoms with Gasteiger partial charge < -0.3 is 24.8 Å². The molecule has 3 heterocycles. The van der Waals surface area contributed by atoms with E-state index >= 15 is 4.39 Å². The van der Waals surface area contributed by atoms with E-state index in [0.29, 0.717) is 0 Å². The maximum Gasteiger partial charge on any atom is 0.459 e. The summed E-state index contributed by atoms with van der Waals surface area (Å²) in [5.41, 5.74) is 2.11. The van der Waals surface area contributed by atoms with Gasteiger partial charge in [0.1, 0.15) is 24.0 Å². The van der Waals surface area contributed by atoms with Crippen LogP contribution in [0.15, 0.2) is 41.5 Å². The number of benzene rings is 1. The molecular formula is C22H25ClFN6O8P. The maximum absolute atomic E-state index is 16.1. The number of ether oxygens (including phenoxy) is 2. The van der Waals surface area contributed by atoms with E-state index in [1.54, 1.807) is 32.0 Å². The maximum atomic E-state index is 16.1. The Labute approximate surface area is 225 Å². The normalized spacial score (nSPS) is 30.1. The van der Waals surface area contributed by atoms with Crippen molar-refractivity contribution in [3.05, 3.63) is 47.0 Å². The number of nitrogen functional groups attached to an aromatic ring is 1. The molecule has 2 aliphatic rings. The number of hydrogen-bond donors (Lipinski definition) is 4. The van der Waals surface area contributed by atoms with E-state index in [-0.39, 0.29) is 22.9 Å². The van der Waals surface area contributed by atoms with Crippen molar-refractivity contribution in [3.63, 3.8) is 0 Å². The fourth-order valence-electron chi connectivity index (χ4n) is 4.25. The van der Waals surface area contributed by atoms with Gasteiger partial charge in [0, 0.05) is 0 Å². The highest BCUT2D eigenvalue weighted by Gasteiger charge is 2.87. The van der Waals surface area contributed by atoms with Crippen LogP contribution in [0.25, 0.3) is 11.2 Å². The predicted molar refractivity (Wildman–Crippen MR) is 134 cm³/mol. The topological polar surface area (TPSA) is 193 Å². The lowest BCUT2D eigenvalue weighted by molar-refractivity contribution is -0.149. The summed E-state index contributed by atoms with van der Waals surface area (Å²) in [5, 5.41) is 10.6. The Morgan fingerprint density at radius 3 is 2.67 bits per heavy atom. The number of H-pyrrole nitrogens is 1. The number of hydrogen-bond acceptors (Lipinski definition) is 11. The Bertz CT molecular complexity index is 1520. The SMILES string of the molecule is CC(C)OC(=O)C(C)NP(=O)(Oc1ccccc1)OC1C2OC(n3cnc4c(=O)[nH]c(N)nc43)C(F)(Cl)C21O. The van der Waals surface area contributed by atoms with Gasteiger partial charge in [-0.2, -0.15) is 10.1 Å². The van der Waals surface area contributed by atoms with E-state index < -0.39 is 60.6 Å². The third kappa shape index (κ3) is 4.68. The van der Waals surface area contributed by atoms with Crippen LogP contribution in [0.3, 0.4) is 0 Å². The highest BCUT2D eigenvalue weighted by molar-refractivity contribution is 7.52. The van der Waals surface area contributed by atoms with Crippen LogP contribution in [0.4, 0.5) is 10.3 Å². The molecule has 0 bridgehead atoms. The van der Waals surface area contributed by atoms with Gasteiger partial charge in [0.2, 0.25) is 5.95 Å². The van der Waals surface area contributed by atoms with Crippen molar-refractivity contribution in [1.29, 1.82) is 0 Å². The summed E-state index contributed by atoms with van der Waals surface area (Å²) in [7, 11) is -4.48. The van der Waals surface area contributed by atoms with Crippen LogP contribution in [0, 0.1) is 0 Å². The number of carbonyl (C=O) groups excluding carboxylic acids is 1. The lowest BCUT2D eigenvalue weighted by atomic mass is 10.1. The highest BCUT2D eigenvalue weighted by atomic mass is 35.5. The molecule has 210 valence electrons. The smallest absolute Gasteiger partial charge is 0.459 e. The molecular weight excluding hydrogens is 562 g/mol. The molecule has 2 fully saturated rings. The second kappa shape index (κ2) is 9.54. The molecule has 39 heavy (non-hydrogen) atoms. The largest absolute Gasteiger partial charge is 0.462 e. The first kappa shape index (κ1) is 27.5. The number of aromatic nitrogens is 4. The van der Waals surface area contributed by atoms with Crippen molar-refractivity contribution in [2.45, 2.75) is 62.1 Å². The third-order valence-corrected chi connectivity index (χ3v) is 8.28. The lowest BCUT2D eigenvalue weighted by Gasteiger charge is -2.30. The van der Waals surface area contributed by atoms with Gasteiger partial charge in [-0.25, -0.2) is 13.9 Å². The standard InChI is InChI=1S/C22H25ClFN6O8P/c1-10(2)35-18(32)11(3)29-39(34,37-12-7-5-4-6-8-12)38-15-14-21(15,33)22(23,24)19(36-14)30-9-26-13-16(30)27-20(25)28-17(13)31/h4-11,14-15,19,33H,1-3H3,(H,29,34)(H3,25,27,28,31). The van der Waals surface area contributed by atoms with Gasteiger partial charge in [-0.3, -0.25) is 23.7 Å². The molecule has 17 heteroatoms. The molecule has 0 radical (unpaired) electrons. The quantitative estimate of drug-likeness (QED) is 0.161. The number of aromatic amines is 1.